The zero-order chi connectivity index (χ0) is 30.6. The molecule has 6 rings (SSSR count). The third-order valence-electron chi connectivity index (χ3n) is 9.03. The van der Waals surface area contributed by atoms with Crippen LogP contribution >= 0.6 is 0 Å². The van der Waals surface area contributed by atoms with E-state index in [0.717, 1.165) is 90.3 Å². The van der Waals surface area contributed by atoms with Gasteiger partial charge in [-0.05, 0) is 58.9 Å². The molecule has 1 N–H and O–H groups in total. The van der Waals surface area contributed by atoms with Gasteiger partial charge in [-0.25, -0.2) is 14.8 Å². The monoisotopic (exact) mass is 587 g/mol. The lowest BCUT2D eigenvalue weighted by Crippen LogP contribution is -2.28. The van der Waals surface area contributed by atoms with Crippen molar-refractivity contribution in [3.63, 3.8) is 0 Å². The molecule has 0 bridgehead atoms. The van der Waals surface area contributed by atoms with Crippen molar-refractivity contribution in [1.82, 2.24) is 9.55 Å². The number of imidazole rings is 1. The lowest BCUT2D eigenvalue weighted by molar-refractivity contribution is -0.128. The Labute approximate surface area is 257 Å². The standard InChI is InChI=1S/C37H37N3O4/c1-2-3-12-34-39-32-20-18-28(38-36(42)31-11-7-5-9-27(31)23-41)21-33(32)40(34)22-24-13-15-26(16-14-24)30-19-17-25-8-4-6-10-29(25)35(30)37(43)44/h4,6,8,10,13-20,23,27,31H,2-3,5,7,9,11-12,21-22H2,1H3,(H,43,44)/t27-,31-/m1/s1. The number of carbonyl (C=O) groups is 3. The molecular weight excluding hydrogens is 550 g/mol. The Balaban J connectivity index is 1.28. The number of aliphatic imine (C=N–C) groups is 1. The van der Waals surface area contributed by atoms with Crippen LogP contribution in [0, 0.1) is 11.8 Å². The number of benzene rings is 3. The molecule has 2 aliphatic rings. The molecule has 0 aliphatic heterocycles. The van der Waals surface area contributed by atoms with Gasteiger partial charge < -0.3 is 14.5 Å². The van der Waals surface area contributed by atoms with Gasteiger partial charge in [0.25, 0.3) is 0 Å². The molecule has 0 radical (unpaired) electrons. The van der Waals surface area contributed by atoms with Crippen molar-refractivity contribution in [2.45, 2.75) is 64.8 Å². The van der Waals surface area contributed by atoms with Crippen LogP contribution in [-0.4, -0.2) is 38.5 Å². The largest absolute Gasteiger partial charge is 0.478 e. The van der Waals surface area contributed by atoms with E-state index in [0.29, 0.717) is 29.8 Å². The maximum Gasteiger partial charge on any atom is 0.336 e. The average Bonchev–Trinajstić information content (AvgIpc) is 3.39. The minimum atomic E-state index is -0.944. The lowest BCUT2D eigenvalue weighted by Gasteiger charge is -2.25. The van der Waals surface area contributed by atoms with Crippen molar-refractivity contribution in [3.8, 4) is 11.1 Å². The van der Waals surface area contributed by atoms with Crippen LogP contribution < -0.4 is 0 Å². The van der Waals surface area contributed by atoms with Gasteiger partial charge in [-0.15, -0.1) is 0 Å². The van der Waals surface area contributed by atoms with Crippen LogP contribution in [0.1, 0.15) is 78.6 Å². The zero-order valence-electron chi connectivity index (χ0n) is 25.0. The van der Waals surface area contributed by atoms with Crippen molar-refractivity contribution in [2.75, 3.05) is 0 Å². The maximum absolute atomic E-state index is 13.1. The number of amides is 1. The third kappa shape index (κ3) is 5.91. The third-order valence-corrected chi connectivity index (χ3v) is 9.03. The Kier molecular flexibility index (Phi) is 8.64. The number of fused-ring (bicyclic) bond motifs is 2. The Hall–Kier alpha value is -4.65. The fraction of sp³-hybridized carbons (Fsp3) is 0.324. The molecule has 7 nitrogen and oxygen atoms in total. The smallest absolute Gasteiger partial charge is 0.336 e. The van der Waals surface area contributed by atoms with Gasteiger partial charge in [-0.3, -0.25) is 4.79 Å². The number of aryl methyl sites for hydroxylation is 1. The molecule has 1 fully saturated rings. The molecule has 0 spiro atoms. The predicted octanol–water partition coefficient (Wildman–Crippen LogP) is 7.33. The molecule has 1 heterocycles. The number of rotatable bonds is 9. The number of aromatic nitrogens is 2. The van der Waals surface area contributed by atoms with Gasteiger partial charge in [0, 0.05) is 31.2 Å². The minimum absolute atomic E-state index is 0.188. The predicted molar refractivity (Wildman–Crippen MR) is 173 cm³/mol. The quantitative estimate of drug-likeness (QED) is 0.207. The van der Waals surface area contributed by atoms with Crippen LogP contribution in [0.4, 0.5) is 0 Å². The molecule has 3 aromatic carbocycles. The summed E-state index contributed by atoms with van der Waals surface area (Å²) in [7, 11) is 0. The van der Waals surface area contributed by atoms with Crippen molar-refractivity contribution < 1.29 is 19.5 Å². The lowest BCUT2D eigenvalue weighted by atomic mass is 9.79. The zero-order valence-corrected chi connectivity index (χ0v) is 25.0. The van der Waals surface area contributed by atoms with E-state index in [9.17, 15) is 19.5 Å². The Morgan fingerprint density at radius 1 is 1.02 bits per heavy atom. The van der Waals surface area contributed by atoms with Gasteiger partial charge in [0.2, 0.25) is 5.91 Å². The number of hydrogen-bond acceptors (Lipinski definition) is 4. The SMILES string of the molecule is CCCCc1nc2c(n1Cc1ccc(-c3ccc4ccccc4c3C(=O)O)cc1)CC(=NC(=O)[C@@H]1CCCC[C@@H]1C=O)C=C2. The normalized spacial score (nSPS) is 18.8. The number of carboxylic acid groups (broad SMARTS) is 1. The van der Waals surface area contributed by atoms with E-state index in [2.05, 4.69) is 16.5 Å². The van der Waals surface area contributed by atoms with Crippen LogP contribution in [0.3, 0.4) is 0 Å². The highest BCUT2D eigenvalue weighted by atomic mass is 16.4. The number of carbonyl (C=O) groups excluding carboxylic acids is 2. The Morgan fingerprint density at radius 2 is 1.82 bits per heavy atom. The number of allylic oxidation sites excluding steroid dienone is 1. The first-order valence-electron chi connectivity index (χ1n) is 15.6. The second-order valence-electron chi connectivity index (χ2n) is 11.9. The molecule has 224 valence electrons. The van der Waals surface area contributed by atoms with Crippen molar-refractivity contribution >= 4 is 40.7 Å². The highest BCUT2D eigenvalue weighted by Crippen LogP contribution is 2.32. The fourth-order valence-corrected chi connectivity index (χ4v) is 6.64. The van der Waals surface area contributed by atoms with Crippen LogP contribution in [0.15, 0.2) is 71.7 Å². The second kappa shape index (κ2) is 12.9. The molecule has 2 atom stereocenters. The molecule has 1 amide bonds. The summed E-state index contributed by atoms with van der Waals surface area (Å²) in [6.07, 6.45) is 11.6. The van der Waals surface area contributed by atoms with E-state index in [1.165, 1.54) is 0 Å². The van der Waals surface area contributed by atoms with E-state index in [4.69, 9.17) is 4.98 Å². The van der Waals surface area contributed by atoms with Gasteiger partial charge in [-0.1, -0.05) is 86.8 Å². The van der Waals surface area contributed by atoms with Crippen LogP contribution in [0.25, 0.3) is 28.0 Å². The summed E-state index contributed by atoms with van der Waals surface area (Å²) in [6.45, 7) is 2.77. The van der Waals surface area contributed by atoms with Gasteiger partial charge in [0.05, 0.1) is 22.7 Å². The molecule has 44 heavy (non-hydrogen) atoms. The van der Waals surface area contributed by atoms with Crippen molar-refractivity contribution in [3.05, 3.63) is 95.1 Å². The summed E-state index contributed by atoms with van der Waals surface area (Å²) >= 11 is 0. The molecule has 2 aliphatic carbocycles. The maximum atomic E-state index is 13.1. The topological polar surface area (TPSA) is 102 Å². The Bertz CT molecular complexity index is 1780. The van der Waals surface area contributed by atoms with E-state index >= 15 is 0 Å². The van der Waals surface area contributed by atoms with Crippen molar-refractivity contribution in [1.29, 1.82) is 0 Å². The number of nitrogens with zero attached hydrogens (tertiary/aromatic N) is 3. The van der Waals surface area contributed by atoms with Crippen LogP contribution in [-0.2, 0) is 29.0 Å². The summed E-state index contributed by atoms with van der Waals surface area (Å²) in [5.41, 5.74) is 5.57. The summed E-state index contributed by atoms with van der Waals surface area (Å²) in [6, 6.07) is 19.5. The first kappa shape index (κ1) is 29.4. The molecule has 1 aromatic heterocycles. The molecule has 7 heteroatoms. The summed E-state index contributed by atoms with van der Waals surface area (Å²) in [5.74, 6) is -0.683. The summed E-state index contributed by atoms with van der Waals surface area (Å²) in [5, 5.41) is 11.7. The molecule has 0 saturated heterocycles. The number of carboxylic acids is 1. The second-order valence-corrected chi connectivity index (χ2v) is 11.9. The first-order valence-corrected chi connectivity index (χ1v) is 15.6. The number of aldehydes is 1. The average molecular weight is 588 g/mol. The molecular formula is C37H37N3O4. The number of unbranched alkanes of at least 4 members (excludes halogenated alkanes) is 1. The molecule has 4 aromatic rings. The van der Waals surface area contributed by atoms with E-state index < -0.39 is 5.97 Å². The first-order chi connectivity index (χ1) is 21.5. The minimum Gasteiger partial charge on any atom is -0.478 e. The fourth-order valence-electron chi connectivity index (χ4n) is 6.64. The van der Waals surface area contributed by atoms with E-state index in [-0.39, 0.29) is 17.7 Å². The summed E-state index contributed by atoms with van der Waals surface area (Å²) < 4.78 is 2.25. The van der Waals surface area contributed by atoms with Gasteiger partial charge >= 0.3 is 5.97 Å². The Morgan fingerprint density at radius 3 is 2.59 bits per heavy atom. The van der Waals surface area contributed by atoms with Gasteiger partial charge in [0.15, 0.2) is 0 Å². The van der Waals surface area contributed by atoms with Crippen LogP contribution in [0.5, 0.6) is 0 Å². The van der Waals surface area contributed by atoms with Crippen molar-refractivity contribution in [2.24, 2.45) is 16.8 Å². The van der Waals surface area contributed by atoms with Gasteiger partial charge in [0.1, 0.15) is 12.1 Å². The van der Waals surface area contributed by atoms with E-state index in [1.807, 2.05) is 72.8 Å². The number of hydrogen-bond donors (Lipinski definition) is 1. The molecule has 1 saturated carbocycles. The van der Waals surface area contributed by atoms with E-state index in [1.54, 1.807) is 0 Å². The van der Waals surface area contributed by atoms with Crippen LogP contribution in [0.2, 0.25) is 0 Å². The summed E-state index contributed by atoms with van der Waals surface area (Å²) in [4.78, 5) is 46.5. The highest BCUT2D eigenvalue weighted by molar-refractivity contribution is 6.09. The molecule has 0 unspecified atom stereocenters. The number of aromatic carboxylic acids is 1. The van der Waals surface area contributed by atoms with Gasteiger partial charge in [-0.2, -0.15) is 0 Å². The highest BCUT2D eigenvalue weighted by Gasteiger charge is 2.31.